The summed E-state index contributed by atoms with van der Waals surface area (Å²) in [5.41, 5.74) is 12.1. The van der Waals surface area contributed by atoms with Crippen molar-refractivity contribution in [2.45, 2.75) is 131 Å². The normalized spacial score (nSPS) is 16.5. The number of unbranched alkanes of at least 4 members (excludes halogenated alkanes) is 1. The van der Waals surface area contributed by atoms with Crippen molar-refractivity contribution in [2.75, 3.05) is 57.6 Å². The highest BCUT2D eigenvalue weighted by Gasteiger charge is 2.46. The molecule has 4 amide bonds. The van der Waals surface area contributed by atoms with Gasteiger partial charge in [-0.2, -0.15) is 0 Å². The second kappa shape index (κ2) is 27.8. The molecule has 6 aromatic rings. The summed E-state index contributed by atoms with van der Waals surface area (Å²) in [7, 11) is 0. The van der Waals surface area contributed by atoms with Crippen LogP contribution >= 0.6 is 11.3 Å². The zero-order chi connectivity index (χ0) is 58.7. The largest absolute Gasteiger partial charge is 0.494 e. The molecule has 0 spiro atoms. The molecule has 83 heavy (non-hydrogen) atoms. The van der Waals surface area contributed by atoms with Gasteiger partial charge in [-0.1, -0.05) is 56.3 Å². The number of carbonyl (C=O) groups excluding carboxylic acids is 4. The number of amides is 4. The first-order valence-electron chi connectivity index (χ1n) is 29.2. The fourth-order valence-corrected chi connectivity index (χ4v) is 12.5. The lowest BCUT2D eigenvalue weighted by Gasteiger charge is -2.37. The molecule has 4 aromatic carbocycles. The number of benzene rings is 4. The van der Waals surface area contributed by atoms with Crippen molar-refractivity contribution in [1.29, 1.82) is 0 Å². The maximum Gasteiger partial charge on any atom is 0.255 e. The van der Waals surface area contributed by atoms with Crippen LogP contribution in [-0.4, -0.2) is 125 Å². The lowest BCUT2D eigenvalue weighted by atomic mass is 9.95. The van der Waals surface area contributed by atoms with Crippen molar-refractivity contribution in [3.63, 3.8) is 0 Å². The number of nitrogens with one attached hydrogen (secondary N) is 3. The number of hydrogen-bond donors (Lipinski definition) is 4. The lowest BCUT2D eigenvalue weighted by molar-refractivity contribution is -0.143. The summed E-state index contributed by atoms with van der Waals surface area (Å²) in [6.07, 6.45) is 3.25. The van der Waals surface area contributed by atoms with Crippen molar-refractivity contribution < 1.29 is 43.2 Å². The van der Waals surface area contributed by atoms with E-state index in [2.05, 4.69) is 38.5 Å². The molecule has 0 aliphatic carbocycles. The fraction of sp³-hybridized carbons (Fsp3) is 0.446. The third-order valence-electron chi connectivity index (χ3n) is 16.1. The minimum atomic E-state index is -0.911. The molecular formula is C65H79N7O10S. The van der Waals surface area contributed by atoms with E-state index in [0.29, 0.717) is 75.0 Å². The molecule has 2 aromatic heterocycles. The summed E-state index contributed by atoms with van der Waals surface area (Å²) in [5.74, 6) is -0.0656. The summed E-state index contributed by atoms with van der Waals surface area (Å²) in [5, 5.41) is 16.9. The van der Waals surface area contributed by atoms with E-state index < -0.39 is 18.2 Å². The number of thiazole rings is 1. The highest BCUT2D eigenvalue weighted by atomic mass is 32.1. The van der Waals surface area contributed by atoms with Crippen LogP contribution in [0.15, 0.2) is 95.2 Å². The number of H-pyrrole nitrogens is 1. The Morgan fingerprint density at radius 1 is 0.855 bits per heavy atom. The summed E-state index contributed by atoms with van der Waals surface area (Å²) < 4.78 is 24.3. The van der Waals surface area contributed by atoms with Gasteiger partial charge in [0, 0.05) is 112 Å². The van der Waals surface area contributed by atoms with Crippen LogP contribution in [0.25, 0.3) is 21.6 Å². The van der Waals surface area contributed by atoms with E-state index in [4.69, 9.17) is 18.9 Å². The number of hydrogen-bond acceptors (Lipinski definition) is 13. The maximum absolute atomic E-state index is 14.3. The van der Waals surface area contributed by atoms with Crippen molar-refractivity contribution >= 4 is 40.7 Å². The fourth-order valence-electron chi connectivity index (χ4n) is 11.7. The number of anilines is 1. The number of carbonyl (C=O) groups is 4. The summed E-state index contributed by atoms with van der Waals surface area (Å²) >= 11 is 1.54. The molecule has 9 rings (SSSR count). The average molecular weight is 1150 g/mol. The molecule has 3 aliphatic rings. The summed E-state index contributed by atoms with van der Waals surface area (Å²) in [4.78, 5) is 82.4. The molecule has 1 unspecified atom stereocenters. The van der Waals surface area contributed by atoms with Crippen molar-refractivity contribution in [1.82, 2.24) is 30.4 Å². The molecule has 3 atom stereocenters. The Hall–Kier alpha value is -7.38. The Balaban J connectivity index is 0.754. The number of fused-ring (bicyclic) bond motifs is 1. The van der Waals surface area contributed by atoms with Crippen molar-refractivity contribution in [2.24, 2.45) is 5.92 Å². The average Bonchev–Trinajstić information content (AvgIpc) is 3.33. The molecule has 440 valence electrons. The van der Waals surface area contributed by atoms with Gasteiger partial charge < -0.3 is 54.4 Å². The van der Waals surface area contributed by atoms with E-state index in [0.717, 1.165) is 98.9 Å². The van der Waals surface area contributed by atoms with Gasteiger partial charge in [0.2, 0.25) is 11.8 Å². The number of ether oxygens (including phenoxy) is 4. The molecule has 0 bridgehead atoms. The van der Waals surface area contributed by atoms with E-state index in [-0.39, 0.29) is 67.2 Å². The van der Waals surface area contributed by atoms with E-state index in [9.17, 15) is 29.1 Å². The molecule has 5 heterocycles. The Morgan fingerprint density at radius 2 is 1.59 bits per heavy atom. The first kappa shape index (κ1) is 60.2. The molecule has 18 heteroatoms. The highest BCUT2D eigenvalue weighted by Crippen LogP contribution is 2.36. The summed E-state index contributed by atoms with van der Waals surface area (Å²) in [6, 6.07) is 25.8. The lowest BCUT2D eigenvalue weighted by Crippen LogP contribution is -2.55. The number of likely N-dealkylation sites (tertiary alicyclic amines) is 1. The number of nitrogens with zero attached hydrogens (tertiary/aromatic N) is 4. The predicted molar refractivity (Wildman–Crippen MR) is 322 cm³/mol. The molecule has 3 aliphatic heterocycles. The number of aromatic nitrogens is 2. The van der Waals surface area contributed by atoms with Crippen LogP contribution in [-0.2, 0) is 38.7 Å². The quantitative estimate of drug-likeness (QED) is 0.0396. The van der Waals surface area contributed by atoms with E-state index >= 15 is 0 Å². The predicted octanol–water partition coefficient (Wildman–Crippen LogP) is 9.24. The Morgan fingerprint density at radius 3 is 2.31 bits per heavy atom. The molecule has 2 fully saturated rings. The molecule has 0 radical (unpaired) electrons. The molecule has 2 saturated heterocycles. The van der Waals surface area contributed by atoms with Crippen LogP contribution in [0.5, 0.6) is 11.5 Å². The second-order valence-electron chi connectivity index (χ2n) is 22.3. The number of β-amino-alcohol motifs (C(OH)–C–C–N with tert-alkyl or cyclic N) is 1. The molecular weight excluding hydrogens is 1070 g/mol. The number of pyridine rings is 1. The van der Waals surface area contributed by atoms with Gasteiger partial charge >= 0.3 is 0 Å². The second-order valence-corrected chi connectivity index (χ2v) is 23.2. The molecule has 4 N–H and O–H groups in total. The zero-order valence-corrected chi connectivity index (χ0v) is 49.7. The van der Waals surface area contributed by atoms with Gasteiger partial charge in [0.1, 0.15) is 23.6 Å². The van der Waals surface area contributed by atoms with Gasteiger partial charge in [-0.15, -0.1) is 11.3 Å². The standard InChI is InChI=1S/C65H79N7O10S/c1-8-70(50-22-28-80-29-23-50)56-32-49(31-54(43(56)6)61(74)67-36-55-41(4)30-42(5)69-62(55)75)45-18-20-52(21-19-45)81-26-12-11-24-79-25-13-27-82-58-33-46(60-44(7)68-39-83-60)16-17-47(58)35-66-63(76)57-34-51(73)38-71(57)65(78)59(40(2)3)72-37-48-14-9-10-15-53(48)64(72)77/h9-10,14-21,30-33,39-40,50-51,57,59,73H,8,11-13,22-29,34-38H2,1-7H3,(H,66,76)(H,67,74)(H,69,75)/t51-,57?,59+/m1/s1. The first-order chi connectivity index (χ1) is 40.1. The minimum Gasteiger partial charge on any atom is -0.494 e. The Bertz CT molecular complexity index is 3320. The number of aliphatic hydroxyl groups is 1. The van der Waals surface area contributed by atoms with Crippen LogP contribution in [0.1, 0.15) is 119 Å². The Labute approximate surface area is 490 Å². The third kappa shape index (κ3) is 14.3. The van der Waals surface area contributed by atoms with Crippen LogP contribution in [0, 0.1) is 33.6 Å². The van der Waals surface area contributed by atoms with Crippen molar-refractivity contribution in [3.8, 4) is 33.1 Å². The topological polar surface area (TPSA) is 205 Å². The maximum atomic E-state index is 14.3. The van der Waals surface area contributed by atoms with E-state index in [1.54, 1.807) is 22.3 Å². The monoisotopic (exact) mass is 1150 g/mol. The van der Waals surface area contributed by atoms with E-state index in [1.165, 1.54) is 4.90 Å². The zero-order valence-electron chi connectivity index (χ0n) is 48.9. The third-order valence-corrected chi connectivity index (χ3v) is 17.1. The number of aromatic amines is 1. The smallest absolute Gasteiger partial charge is 0.255 e. The van der Waals surface area contributed by atoms with Crippen LogP contribution in [0.4, 0.5) is 5.69 Å². The van der Waals surface area contributed by atoms with E-state index in [1.807, 2.05) is 120 Å². The minimum absolute atomic E-state index is 0.000633. The number of rotatable bonds is 25. The molecule has 17 nitrogen and oxygen atoms in total. The number of aliphatic hydroxyl groups excluding tert-OH is 1. The van der Waals surface area contributed by atoms with Gasteiger partial charge in [-0.05, 0) is 142 Å². The highest BCUT2D eigenvalue weighted by molar-refractivity contribution is 7.13. The SMILES string of the molecule is CCN(c1cc(-c2ccc(OCCCCOCCCOc3cc(-c4scnc4C)ccc3CNC(=O)C3C[C@@H](O)CN3C(=O)[C@H](C(C)C)N3Cc4ccccc4C3=O)cc2)cc(C(=O)NCc2c(C)cc(C)[nH]c2=O)c1C)C1CCOCC1. The van der Waals surface area contributed by atoms with Crippen molar-refractivity contribution in [3.05, 3.63) is 151 Å². The Kier molecular flexibility index (Phi) is 20.2. The van der Waals surface area contributed by atoms with Crippen LogP contribution in [0.3, 0.4) is 0 Å². The van der Waals surface area contributed by atoms with Gasteiger partial charge in [0.05, 0.1) is 35.4 Å². The van der Waals surface area contributed by atoms with Gasteiger partial charge in [0.15, 0.2) is 0 Å². The first-order valence-corrected chi connectivity index (χ1v) is 30.1. The number of aryl methyl sites for hydroxylation is 3. The van der Waals surface area contributed by atoms with Gasteiger partial charge in [0.25, 0.3) is 17.4 Å². The molecule has 0 saturated carbocycles. The van der Waals surface area contributed by atoms with Gasteiger partial charge in [-0.25, -0.2) is 4.98 Å². The summed E-state index contributed by atoms with van der Waals surface area (Å²) in [6.45, 7) is 18.3. The van der Waals surface area contributed by atoms with Gasteiger partial charge in [-0.3, -0.25) is 24.0 Å². The van der Waals surface area contributed by atoms with Crippen LogP contribution in [0.2, 0.25) is 0 Å². The van der Waals surface area contributed by atoms with Crippen LogP contribution < -0.4 is 30.6 Å².